The Bertz CT molecular complexity index is 1390. The number of rotatable bonds is 5. The number of nitrogens with zero attached hydrogens (tertiary/aromatic N) is 3. The number of fused-ring (bicyclic) bond motifs is 2. The molecule has 2 fully saturated rings. The summed E-state index contributed by atoms with van der Waals surface area (Å²) in [6, 6.07) is 8.15. The van der Waals surface area contributed by atoms with Crippen LogP contribution in [0, 0.1) is 11.8 Å². The number of hydrogen-bond donors (Lipinski definition) is 2. The van der Waals surface area contributed by atoms with E-state index in [1.54, 1.807) is 12.4 Å². The van der Waals surface area contributed by atoms with Gasteiger partial charge >= 0.3 is 0 Å². The van der Waals surface area contributed by atoms with E-state index < -0.39 is 0 Å². The maximum atomic E-state index is 12.3. The van der Waals surface area contributed by atoms with E-state index in [-0.39, 0.29) is 11.8 Å². The van der Waals surface area contributed by atoms with Gasteiger partial charge in [0, 0.05) is 49.3 Å². The lowest BCUT2D eigenvalue weighted by Crippen LogP contribution is -2.23. The normalized spacial score (nSPS) is 20.5. The zero-order valence-electron chi connectivity index (χ0n) is 19.3. The second-order valence-electron chi connectivity index (χ2n) is 9.34. The van der Waals surface area contributed by atoms with Crippen molar-refractivity contribution in [2.24, 2.45) is 11.8 Å². The molecule has 34 heavy (non-hydrogen) atoms. The van der Waals surface area contributed by atoms with Crippen molar-refractivity contribution in [3.05, 3.63) is 42.2 Å². The van der Waals surface area contributed by atoms with E-state index in [1.165, 1.54) is 5.56 Å². The SMILES string of the molecule is CNc1ncc(-c2nc3cc(C4CCOCC4C)ccc3o2)c2cc(NC(=O)C3CC3)ncc12. The molecule has 174 valence electrons. The van der Waals surface area contributed by atoms with E-state index >= 15 is 0 Å². The standard InChI is InChI=1S/C26H27N5O3/c1-14-13-33-8-7-17(14)16-5-6-22-21(9-16)30-26(34-22)20-12-29-24(27-2)19-11-28-23(10-18(19)20)31-25(32)15-3-4-15/h5-6,9-12,14-15,17H,3-4,7-8,13H2,1-2H3,(H,27,29)(H,28,31,32). The van der Waals surface area contributed by atoms with Crippen molar-refractivity contribution in [2.45, 2.75) is 32.1 Å². The van der Waals surface area contributed by atoms with Crippen LogP contribution in [0.3, 0.4) is 0 Å². The van der Waals surface area contributed by atoms with E-state index in [1.807, 2.05) is 19.2 Å². The molecular formula is C26H27N5O3. The molecule has 3 aromatic heterocycles. The molecule has 0 bridgehead atoms. The highest BCUT2D eigenvalue weighted by molar-refractivity contribution is 6.03. The van der Waals surface area contributed by atoms with Crippen LogP contribution in [-0.2, 0) is 9.53 Å². The van der Waals surface area contributed by atoms with Crippen LogP contribution in [0.4, 0.5) is 11.6 Å². The average Bonchev–Trinajstić information content (AvgIpc) is 3.62. The third kappa shape index (κ3) is 3.77. The van der Waals surface area contributed by atoms with Gasteiger partial charge in [0.05, 0.1) is 5.56 Å². The quantitative estimate of drug-likeness (QED) is 0.436. The molecule has 1 aliphatic carbocycles. The van der Waals surface area contributed by atoms with Crippen LogP contribution in [0.2, 0.25) is 0 Å². The van der Waals surface area contributed by atoms with Crippen LogP contribution >= 0.6 is 0 Å². The molecule has 2 atom stereocenters. The maximum Gasteiger partial charge on any atom is 0.229 e. The molecule has 1 aromatic carbocycles. The van der Waals surface area contributed by atoms with Crippen LogP contribution in [-0.4, -0.2) is 41.1 Å². The Morgan fingerprint density at radius 3 is 2.76 bits per heavy atom. The highest BCUT2D eigenvalue weighted by Gasteiger charge is 2.30. The summed E-state index contributed by atoms with van der Waals surface area (Å²) < 4.78 is 11.8. The van der Waals surface area contributed by atoms with Crippen molar-refractivity contribution in [1.29, 1.82) is 0 Å². The van der Waals surface area contributed by atoms with E-state index in [9.17, 15) is 4.79 Å². The maximum absolute atomic E-state index is 12.3. The molecule has 1 saturated heterocycles. The van der Waals surface area contributed by atoms with Gasteiger partial charge in [0.25, 0.3) is 0 Å². The summed E-state index contributed by atoms with van der Waals surface area (Å²) in [5.74, 6) is 2.78. The van der Waals surface area contributed by atoms with Gasteiger partial charge in [-0.3, -0.25) is 4.79 Å². The fraction of sp³-hybridized carbons (Fsp3) is 0.385. The topological polar surface area (TPSA) is 102 Å². The van der Waals surface area contributed by atoms with Gasteiger partial charge < -0.3 is 19.8 Å². The Morgan fingerprint density at radius 2 is 1.97 bits per heavy atom. The largest absolute Gasteiger partial charge is 0.436 e. The smallest absolute Gasteiger partial charge is 0.229 e. The monoisotopic (exact) mass is 457 g/mol. The molecular weight excluding hydrogens is 430 g/mol. The van der Waals surface area contributed by atoms with Crippen LogP contribution in [0.15, 0.2) is 41.1 Å². The minimum absolute atomic E-state index is 0.0213. The van der Waals surface area contributed by atoms with Crippen molar-refractivity contribution < 1.29 is 13.9 Å². The summed E-state index contributed by atoms with van der Waals surface area (Å²) in [5, 5.41) is 7.75. The van der Waals surface area contributed by atoms with E-state index in [0.29, 0.717) is 29.4 Å². The van der Waals surface area contributed by atoms with Crippen molar-refractivity contribution >= 4 is 39.4 Å². The van der Waals surface area contributed by atoms with Crippen molar-refractivity contribution in [3.8, 4) is 11.5 Å². The lowest BCUT2D eigenvalue weighted by Gasteiger charge is -2.29. The van der Waals surface area contributed by atoms with Gasteiger partial charge in [0.15, 0.2) is 5.58 Å². The number of ether oxygens (including phenoxy) is 1. The third-order valence-corrected chi connectivity index (χ3v) is 6.92. The van der Waals surface area contributed by atoms with Gasteiger partial charge in [-0.15, -0.1) is 0 Å². The van der Waals surface area contributed by atoms with Crippen LogP contribution in [0.5, 0.6) is 0 Å². The number of aromatic nitrogens is 3. The molecule has 8 heteroatoms. The zero-order valence-corrected chi connectivity index (χ0v) is 19.3. The Balaban J connectivity index is 1.41. The predicted molar refractivity (Wildman–Crippen MR) is 131 cm³/mol. The number of pyridine rings is 2. The Morgan fingerprint density at radius 1 is 1.09 bits per heavy atom. The fourth-order valence-electron chi connectivity index (χ4n) is 4.81. The second-order valence-corrected chi connectivity index (χ2v) is 9.34. The first-order chi connectivity index (χ1) is 16.6. The van der Waals surface area contributed by atoms with E-state index in [0.717, 1.165) is 59.9 Å². The number of carbonyl (C=O) groups is 1. The zero-order chi connectivity index (χ0) is 23.2. The van der Waals surface area contributed by atoms with Gasteiger partial charge in [-0.05, 0) is 54.9 Å². The number of benzene rings is 1. The molecule has 4 aromatic rings. The molecule has 1 amide bonds. The number of carbonyl (C=O) groups excluding carboxylic acids is 1. The fourth-order valence-corrected chi connectivity index (χ4v) is 4.81. The van der Waals surface area contributed by atoms with E-state index in [2.05, 4.69) is 39.7 Å². The number of amides is 1. The van der Waals surface area contributed by atoms with Crippen molar-refractivity contribution in [2.75, 3.05) is 30.9 Å². The van der Waals surface area contributed by atoms with Crippen molar-refractivity contribution in [3.63, 3.8) is 0 Å². The molecule has 2 aliphatic rings. The molecule has 4 heterocycles. The average molecular weight is 458 g/mol. The number of hydrogen-bond acceptors (Lipinski definition) is 7. The first kappa shape index (κ1) is 21.0. The molecule has 0 radical (unpaired) electrons. The third-order valence-electron chi connectivity index (χ3n) is 6.92. The Kier molecular flexibility index (Phi) is 5.17. The first-order valence-electron chi connectivity index (χ1n) is 11.9. The second kappa shape index (κ2) is 8.36. The Hall–Kier alpha value is -3.52. The van der Waals surface area contributed by atoms with Gasteiger partial charge in [-0.25, -0.2) is 15.0 Å². The predicted octanol–water partition coefficient (Wildman–Crippen LogP) is 4.97. The summed E-state index contributed by atoms with van der Waals surface area (Å²) in [6.45, 7) is 3.81. The minimum Gasteiger partial charge on any atom is -0.436 e. The lowest BCUT2D eigenvalue weighted by molar-refractivity contribution is -0.117. The van der Waals surface area contributed by atoms with Crippen molar-refractivity contribution in [1.82, 2.24) is 15.0 Å². The van der Waals surface area contributed by atoms with Gasteiger partial charge in [-0.1, -0.05) is 13.0 Å². The number of anilines is 2. The number of oxazole rings is 1. The molecule has 2 unspecified atom stereocenters. The molecule has 2 N–H and O–H groups in total. The minimum atomic E-state index is 0.0213. The molecule has 8 nitrogen and oxygen atoms in total. The van der Waals surface area contributed by atoms with Crippen LogP contribution in [0.25, 0.3) is 33.3 Å². The van der Waals surface area contributed by atoms with Crippen LogP contribution in [0.1, 0.15) is 37.7 Å². The summed E-state index contributed by atoms with van der Waals surface area (Å²) >= 11 is 0. The summed E-state index contributed by atoms with van der Waals surface area (Å²) in [5.41, 5.74) is 3.59. The number of nitrogens with one attached hydrogen (secondary N) is 2. The Labute approximate surface area is 197 Å². The highest BCUT2D eigenvalue weighted by atomic mass is 16.5. The molecule has 1 aliphatic heterocycles. The van der Waals surface area contributed by atoms with Gasteiger partial charge in [-0.2, -0.15) is 0 Å². The lowest BCUT2D eigenvalue weighted by atomic mass is 9.84. The first-order valence-corrected chi connectivity index (χ1v) is 11.9. The molecule has 6 rings (SSSR count). The summed E-state index contributed by atoms with van der Waals surface area (Å²) in [4.78, 5) is 26.1. The molecule has 0 spiro atoms. The van der Waals surface area contributed by atoms with Crippen LogP contribution < -0.4 is 10.6 Å². The van der Waals surface area contributed by atoms with Gasteiger partial charge in [0.1, 0.15) is 17.2 Å². The van der Waals surface area contributed by atoms with E-state index in [4.69, 9.17) is 14.1 Å². The summed E-state index contributed by atoms with van der Waals surface area (Å²) in [7, 11) is 1.82. The highest BCUT2D eigenvalue weighted by Crippen LogP contribution is 2.37. The molecule has 1 saturated carbocycles. The summed E-state index contributed by atoms with van der Waals surface area (Å²) in [6.07, 6.45) is 6.38. The van der Waals surface area contributed by atoms with Gasteiger partial charge in [0.2, 0.25) is 11.8 Å².